The van der Waals surface area contributed by atoms with Crippen molar-refractivity contribution in [2.24, 2.45) is 5.92 Å². The van der Waals surface area contributed by atoms with Crippen molar-refractivity contribution in [2.45, 2.75) is 84.0 Å². The van der Waals surface area contributed by atoms with Crippen LogP contribution in [0.25, 0.3) is 0 Å². The molecule has 1 aliphatic carbocycles. The van der Waals surface area contributed by atoms with Crippen LogP contribution >= 0.6 is 0 Å². The summed E-state index contributed by atoms with van der Waals surface area (Å²) in [5.74, 6) is 3.23. The zero-order valence-corrected chi connectivity index (χ0v) is 18.3. The molecule has 2 aromatic carbocycles. The number of aryl methyl sites for hydroxylation is 2. The van der Waals surface area contributed by atoms with Gasteiger partial charge in [0.25, 0.3) is 0 Å². The first kappa shape index (κ1) is 21.0. The molecule has 0 radical (unpaired) electrons. The second-order valence-electron chi connectivity index (χ2n) is 8.72. The average Bonchev–Trinajstić information content (AvgIpc) is 2.74. The number of hydrogen-bond acceptors (Lipinski definition) is 1. The Kier molecular flexibility index (Phi) is 7.59. The van der Waals surface area contributed by atoms with Crippen LogP contribution < -0.4 is 4.74 Å². The van der Waals surface area contributed by atoms with Gasteiger partial charge in [0.1, 0.15) is 5.75 Å². The molecule has 28 heavy (non-hydrogen) atoms. The van der Waals surface area contributed by atoms with Gasteiger partial charge in [-0.05, 0) is 91.0 Å². The Morgan fingerprint density at radius 2 is 1.89 bits per heavy atom. The molecule has 0 amide bonds. The predicted molar refractivity (Wildman–Crippen MR) is 121 cm³/mol. The van der Waals surface area contributed by atoms with Crippen LogP contribution in [-0.4, -0.2) is 7.11 Å². The molecule has 0 spiro atoms. The van der Waals surface area contributed by atoms with Crippen molar-refractivity contribution in [1.29, 1.82) is 0 Å². The fourth-order valence-electron chi connectivity index (χ4n) is 5.03. The van der Waals surface area contributed by atoms with E-state index in [2.05, 4.69) is 63.2 Å². The fraction of sp³-hybridized carbons (Fsp3) is 0.556. The molecule has 1 heteroatoms. The Labute approximate surface area is 172 Å². The number of ether oxygens (including phenoxy) is 1. The van der Waals surface area contributed by atoms with E-state index in [4.69, 9.17) is 4.74 Å². The first-order valence-corrected chi connectivity index (χ1v) is 11.4. The van der Waals surface area contributed by atoms with Crippen LogP contribution in [0.4, 0.5) is 0 Å². The summed E-state index contributed by atoms with van der Waals surface area (Å²) in [6.07, 6.45) is 10.1. The molecular formula is C27H38O. The third kappa shape index (κ3) is 4.99. The van der Waals surface area contributed by atoms with Crippen molar-refractivity contribution in [3.8, 4) is 5.75 Å². The minimum absolute atomic E-state index is 0.685. The lowest BCUT2D eigenvalue weighted by atomic mass is 9.79. The van der Waals surface area contributed by atoms with E-state index < -0.39 is 0 Å². The second-order valence-corrected chi connectivity index (χ2v) is 8.72. The van der Waals surface area contributed by atoms with Gasteiger partial charge in [-0.1, -0.05) is 63.6 Å². The van der Waals surface area contributed by atoms with Crippen molar-refractivity contribution >= 4 is 0 Å². The fourth-order valence-corrected chi connectivity index (χ4v) is 5.03. The van der Waals surface area contributed by atoms with E-state index in [1.165, 1.54) is 50.5 Å². The summed E-state index contributed by atoms with van der Waals surface area (Å²) in [4.78, 5) is 0. The van der Waals surface area contributed by atoms with Crippen molar-refractivity contribution < 1.29 is 4.74 Å². The van der Waals surface area contributed by atoms with Crippen LogP contribution in [0.3, 0.4) is 0 Å². The van der Waals surface area contributed by atoms with Crippen molar-refractivity contribution in [2.75, 3.05) is 7.11 Å². The molecule has 3 unspecified atom stereocenters. The molecule has 3 rings (SSSR count). The molecule has 0 saturated heterocycles. The topological polar surface area (TPSA) is 9.23 Å². The van der Waals surface area contributed by atoms with Crippen LogP contribution in [-0.2, 0) is 12.8 Å². The molecule has 0 aromatic heterocycles. The molecule has 0 bridgehead atoms. The number of fused-ring (bicyclic) bond motifs is 1. The Bertz CT molecular complexity index is 748. The van der Waals surface area contributed by atoms with Gasteiger partial charge in [0.15, 0.2) is 0 Å². The molecule has 3 atom stereocenters. The van der Waals surface area contributed by atoms with Gasteiger partial charge in [-0.15, -0.1) is 0 Å². The minimum Gasteiger partial charge on any atom is -0.496 e. The number of methoxy groups -OCH3 is 1. The van der Waals surface area contributed by atoms with E-state index in [-0.39, 0.29) is 0 Å². The van der Waals surface area contributed by atoms with Crippen molar-refractivity contribution in [3.05, 3.63) is 64.7 Å². The maximum Gasteiger partial charge on any atom is 0.122 e. The zero-order valence-electron chi connectivity index (χ0n) is 18.3. The van der Waals surface area contributed by atoms with E-state index in [0.717, 1.165) is 24.0 Å². The average molecular weight is 379 g/mol. The van der Waals surface area contributed by atoms with Gasteiger partial charge in [-0.25, -0.2) is 0 Å². The zero-order chi connectivity index (χ0) is 19.9. The molecule has 0 N–H and O–H groups in total. The highest BCUT2D eigenvalue weighted by Gasteiger charge is 2.20. The highest BCUT2D eigenvalue weighted by Crippen LogP contribution is 2.36. The number of rotatable bonds is 9. The van der Waals surface area contributed by atoms with E-state index >= 15 is 0 Å². The molecular weight excluding hydrogens is 340 g/mol. The SMILES string of the molecule is CCC(CCc1ccccc1OC)CC(CC)c1ccc2c(c1)CCCC2C. The summed E-state index contributed by atoms with van der Waals surface area (Å²) in [5, 5.41) is 0. The van der Waals surface area contributed by atoms with Crippen LogP contribution in [0, 0.1) is 5.92 Å². The molecule has 0 aliphatic heterocycles. The molecule has 0 fully saturated rings. The Morgan fingerprint density at radius 3 is 2.64 bits per heavy atom. The molecule has 0 heterocycles. The summed E-state index contributed by atoms with van der Waals surface area (Å²) in [5.41, 5.74) is 6.15. The lowest BCUT2D eigenvalue weighted by molar-refractivity contribution is 0.381. The van der Waals surface area contributed by atoms with Gasteiger partial charge in [-0.2, -0.15) is 0 Å². The third-order valence-corrected chi connectivity index (χ3v) is 6.96. The Morgan fingerprint density at radius 1 is 1.07 bits per heavy atom. The summed E-state index contributed by atoms with van der Waals surface area (Å²) in [6.45, 7) is 7.10. The summed E-state index contributed by atoms with van der Waals surface area (Å²) >= 11 is 0. The maximum absolute atomic E-state index is 5.54. The lowest BCUT2D eigenvalue weighted by Gasteiger charge is -2.26. The predicted octanol–water partition coefficient (Wildman–Crippen LogP) is 7.68. The second kappa shape index (κ2) is 10.1. The smallest absolute Gasteiger partial charge is 0.122 e. The van der Waals surface area contributed by atoms with E-state index in [9.17, 15) is 0 Å². The highest BCUT2D eigenvalue weighted by atomic mass is 16.5. The summed E-state index contributed by atoms with van der Waals surface area (Å²) in [6, 6.07) is 15.9. The number of benzene rings is 2. The van der Waals surface area contributed by atoms with Crippen molar-refractivity contribution in [3.63, 3.8) is 0 Å². The number of hydrogen-bond donors (Lipinski definition) is 0. The first-order valence-electron chi connectivity index (χ1n) is 11.4. The molecule has 152 valence electrons. The monoisotopic (exact) mass is 378 g/mol. The van der Waals surface area contributed by atoms with Crippen LogP contribution in [0.15, 0.2) is 42.5 Å². The normalized spacial score (nSPS) is 18.4. The van der Waals surface area contributed by atoms with E-state index in [0.29, 0.717) is 5.92 Å². The van der Waals surface area contributed by atoms with Crippen LogP contribution in [0.5, 0.6) is 5.75 Å². The van der Waals surface area contributed by atoms with E-state index in [1.54, 1.807) is 23.8 Å². The molecule has 2 aromatic rings. The molecule has 1 nitrogen and oxygen atoms in total. The number of para-hydroxylation sites is 1. The molecule has 1 aliphatic rings. The Balaban J connectivity index is 1.67. The van der Waals surface area contributed by atoms with Gasteiger partial charge in [0.05, 0.1) is 7.11 Å². The van der Waals surface area contributed by atoms with Crippen LogP contribution in [0.2, 0.25) is 0 Å². The van der Waals surface area contributed by atoms with Gasteiger partial charge in [0.2, 0.25) is 0 Å². The quantitative estimate of drug-likeness (QED) is 0.435. The highest BCUT2D eigenvalue weighted by molar-refractivity contribution is 5.37. The molecule has 0 saturated carbocycles. The van der Waals surface area contributed by atoms with E-state index in [1.807, 2.05) is 0 Å². The standard InChI is InChI=1S/C27H38O/c1-5-21(14-15-23-11-7-8-13-27(23)28-4)18-22(6-2)24-16-17-26-20(3)10-9-12-25(26)19-24/h7-8,11,13,16-17,19-22H,5-6,9-10,12,14-15,18H2,1-4H3. The largest absolute Gasteiger partial charge is 0.496 e. The van der Waals surface area contributed by atoms with Gasteiger partial charge < -0.3 is 4.74 Å². The summed E-state index contributed by atoms with van der Waals surface area (Å²) < 4.78 is 5.54. The van der Waals surface area contributed by atoms with Crippen LogP contribution in [0.1, 0.15) is 93.4 Å². The van der Waals surface area contributed by atoms with Gasteiger partial charge >= 0.3 is 0 Å². The van der Waals surface area contributed by atoms with Gasteiger partial charge in [0, 0.05) is 0 Å². The summed E-state index contributed by atoms with van der Waals surface area (Å²) in [7, 11) is 1.78. The van der Waals surface area contributed by atoms with Gasteiger partial charge in [-0.3, -0.25) is 0 Å². The Hall–Kier alpha value is -1.76. The maximum atomic E-state index is 5.54. The first-order chi connectivity index (χ1) is 13.7. The minimum atomic E-state index is 0.685. The van der Waals surface area contributed by atoms with Crippen molar-refractivity contribution in [1.82, 2.24) is 0 Å². The third-order valence-electron chi connectivity index (χ3n) is 6.96. The lowest BCUT2D eigenvalue weighted by Crippen LogP contribution is -2.11.